The van der Waals surface area contributed by atoms with Gasteiger partial charge in [-0.05, 0) is 264 Å². The average Bonchev–Trinajstić information content (AvgIpc) is 1.72. The van der Waals surface area contributed by atoms with Gasteiger partial charge in [-0.3, -0.25) is 76.7 Å². The minimum Gasteiger partial charge on any atom is -0.294 e. The van der Waals surface area contributed by atoms with Gasteiger partial charge in [0.1, 0.15) is 4.34 Å². The van der Waals surface area contributed by atoms with Crippen LogP contribution in [0.1, 0.15) is 297 Å². The predicted molar refractivity (Wildman–Crippen MR) is 591 cm³/mol. The van der Waals surface area contributed by atoms with Gasteiger partial charge in [0, 0.05) is 139 Å². The third-order valence-corrected chi connectivity index (χ3v) is 36.8. The molecule has 728 valence electrons. The fourth-order valence-electron chi connectivity index (χ4n) is 12.3. The summed E-state index contributed by atoms with van der Waals surface area (Å²) in [5.41, 5.74) is 5.77. The minimum atomic E-state index is -0.128. The summed E-state index contributed by atoms with van der Waals surface area (Å²) in [6, 6.07) is 42.1. The second-order valence-corrected chi connectivity index (χ2v) is 49.2. The first-order chi connectivity index (χ1) is 66.9. The molecule has 0 fully saturated rings. The highest BCUT2D eigenvalue weighted by atomic mass is 79.9. The number of allylic oxidation sites excluding steroid dienone is 4. The van der Waals surface area contributed by atoms with Crippen molar-refractivity contribution in [2.24, 2.45) is 0 Å². The molecule has 0 aromatic carbocycles. The van der Waals surface area contributed by atoms with Gasteiger partial charge in [0.2, 0.25) is 0 Å². The number of hydrogen-bond donors (Lipinski definition) is 0. The Labute approximate surface area is 895 Å². The molecule has 15 heterocycles. The van der Waals surface area contributed by atoms with Gasteiger partial charge in [0.05, 0.1) is 82.1 Å². The maximum absolute atomic E-state index is 12.0. The Morgan fingerprint density at radius 3 is 0.879 bits per heavy atom. The van der Waals surface area contributed by atoms with Crippen LogP contribution in [0, 0.1) is 55.4 Å². The Kier molecular flexibility index (Phi) is 48.6. The Hall–Kier alpha value is -8.95. The van der Waals surface area contributed by atoms with Crippen LogP contribution in [-0.2, 0) is 4.79 Å². The number of hydrogen-bond acceptors (Lipinski definition) is 31. The van der Waals surface area contributed by atoms with Crippen LogP contribution in [0.4, 0.5) is 0 Å². The third-order valence-electron chi connectivity index (χ3n) is 19.8. The lowest BCUT2D eigenvalue weighted by Crippen LogP contribution is -2.04. The summed E-state index contributed by atoms with van der Waals surface area (Å²) in [5, 5.41) is 19.9. The van der Waals surface area contributed by atoms with E-state index < -0.39 is 0 Å². The van der Waals surface area contributed by atoms with Crippen molar-refractivity contribution in [2.75, 3.05) is 0 Å². The molecule has 1 aliphatic carbocycles. The number of rotatable bonds is 40. The highest BCUT2D eigenvalue weighted by Crippen LogP contribution is 2.35. The molecule has 0 bridgehead atoms. The zero-order valence-electron chi connectivity index (χ0n) is 77.0. The monoisotopic (exact) mass is 2270 g/mol. The summed E-state index contributed by atoms with van der Waals surface area (Å²) >= 11 is 42.2. The molecule has 0 atom stereocenters. The molecule has 16 rings (SSSR count). The molecule has 0 saturated carbocycles. The lowest BCUT2D eigenvalue weighted by Gasteiger charge is -1.98. The Bertz CT molecular complexity index is 6270. The van der Waals surface area contributed by atoms with Crippen molar-refractivity contribution >= 4 is 313 Å². The van der Waals surface area contributed by atoms with Crippen LogP contribution >= 0.6 is 221 Å². The molecular formula is C105H94BrCl3O16S15. The summed E-state index contributed by atoms with van der Waals surface area (Å²) < 4.78 is 1.33. The van der Waals surface area contributed by atoms with Crippen molar-refractivity contribution in [3.8, 4) is 0 Å². The van der Waals surface area contributed by atoms with Gasteiger partial charge in [-0.15, -0.1) is 159 Å². The quantitative estimate of drug-likeness (QED) is 0.0323. The highest BCUT2D eigenvalue weighted by molar-refractivity contribution is 9.11. The molecular weight excluding hydrogens is 2180 g/mol. The molecule has 15 aromatic rings. The first-order valence-corrected chi connectivity index (χ1v) is 58.2. The maximum Gasteiger partial charge on any atom is 0.173 e. The van der Waals surface area contributed by atoms with Gasteiger partial charge in [-0.1, -0.05) is 77.3 Å². The van der Waals surface area contributed by atoms with E-state index >= 15 is 0 Å². The fraction of sp³-hybridized carbons (Fsp3) is 0.238. The van der Waals surface area contributed by atoms with Gasteiger partial charge in [0.25, 0.3) is 0 Å². The number of ketones is 16. The summed E-state index contributed by atoms with van der Waals surface area (Å²) in [6.45, 7) is 15.6. The number of aryl methyl sites for hydroxylation is 8. The van der Waals surface area contributed by atoms with Gasteiger partial charge >= 0.3 is 0 Å². The van der Waals surface area contributed by atoms with E-state index in [1.807, 2.05) is 218 Å². The van der Waals surface area contributed by atoms with E-state index in [1.54, 1.807) is 42.5 Å². The molecule has 0 amide bonds. The summed E-state index contributed by atoms with van der Waals surface area (Å²) in [5.74, 6) is 0.621. The van der Waals surface area contributed by atoms with Crippen LogP contribution in [0.15, 0.2) is 221 Å². The highest BCUT2D eigenvalue weighted by Gasteiger charge is 2.23. The van der Waals surface area contributed by atoms with E-state index in [4.69, 9.17) is 34.8 Å². The van der Waals surface area contributed by atoms with Crippen LogP contribution in [0.25, 0.3) is 0 Å². The standard InChI is InChI=1S/C14H14O2S2.C13H11BrO2S2.C13H9Cl3O2S2.4C13H12O2S2.C13H12O2S/c1-9-5-13(17-7-9)11(15)3-4-12(16)14-6-10(2)8-18-14;1-8-2-5-11(17-8)9(15)3-4-10(16)12-6-7-13(14)18-12;1-6-7(14)4-11(19-6)9(17)2-3-10(18)12-5-8(15)13(16)20-12;2*1-9-4-7-13(17-9)11(15)6-5-10(14)12-3-2-8-16-12;1-9-6-8-17-13(9)11(15)5-4-10(14)12-3-2-7-16-12;1-9-7-13(17-8-9)11(15)5-4-10(14)12-3-2-6-16-12;14-12(10-3-1-2-4-10)5-6-13(15)11-7-8-16-9-11/h5-8H,3-4H2,1-2H3;2,5-7H,3-4H2,1H3;4-5H,2-3H2,1H3;2*2-4,7-8H,5-6H2,1H3;2*2-3,6-8H,4-5H2,1H3;1,3-4,7-9H,2,5-6H2. The van der Waals surface area contributed by atoms with Crippen LogP contribution < -0.4 is 0 Å². The molecule has 15 aromatic heterocycles. The molecule has 0 radical (unpaired) electrons. The van der Waals surface area contributed by atoms with Gasteiger partial charge < -0.3 is 0 Å². The molecule has 0 saturated heterocycles. The Morgan fingerprint density at radius 2 is 0.607 bits per heavy atom. The van der Waals surface area contributed by atoms with Crippen molar-refractivity contribution in [3.05, 3.63) is 351 Å². The number of carbonyl (C=O) groups is 16. The number of carbonyl (C=O) groups excluding carboxylic acids is 16. The van der Waals surface area contributed by atoms with E-state index in [2.05, 4.69) is 15.9 Å². The zero-order valence-corrected chi connectivity index (χ0v) is 93.1. The van der Waals surface area contributed by atoms with Crippen molar-refractivity contribution in [1.29, 1.82) is 0 Å². The topological polar surface area (TPSA) is 273 Å². The molecule has 1 aliphatic rings. The Balaban J connectivity index is 0.000000179. The average molecular weight is 2280 g/mol. The van der Waals surface area contributed by atoms with E-state index in [1.165, 1.54) is 165 Å². The lowest BCUT2D eigenvalue weighted by molar-refractivity contribution is -0.115. The summed E-state index contributed by atoms with van der Waals surface area (Å²) in [4.78, 5) is 203. The van der Waals surface area contributed by atoms with Crippen molar-refractivity contribution < 1.29 is 76.7 Å². The number of Topliss-reactive ketones (excluding diaryl/α,β-unsaturated/α-hetero) is 16. The zero-order chi connectivity index (χ0) is 101. The molecule has 140 heavy (non-hydrogen) atoms. The summed E-state index contributed by atoms with van der Waals surface area (Å²) in [6.07, 6.45) is 11.0. The first kappa shape index (κ1) is 115. The third kappa shape index (κ3) is 38.6. The first-order valence-electron chi connectivity index (χ1n) is 43.3. The van der Waals surface area contributed by atoms with Crippen molar-refractivity contribution in [2.45, 2.75) is 165 Å². The number of thiophene rings is 15. The molecule has 35 heteroatoms. The largest absolute Gasteiger partial charge is 0.294 e. The molecule has 0 spiro atoms. The lowest BCUT2D eigenvalue weighted by atomic mass is 10.0. The normalized spacial score (nSPS) is 10.9. The SMILES string of the molecule is Cc1ccc(C(=O)CCC(=O)c2ccc(Br)s2)s1.Cc1ccc(C(=O)CCC(=O)c2cccs2)s1.Cc1ccc(C(=O)CCC(=O)c2cccs2)s1.Cc1ccsc1C(=O)CCC(=O)c1cccs1.Cc1csc(C(=O)CCC(=O)c2cc(C)cs2)c1.Cc1csc(C(=O)CCC(=O)c2cccs2)c1.Cc1sc(C(=O)CCC(=O)c2cc(Cl)c(Cl)s2)cc1Cl.O=C(CCC(=O)c1ccsc1)C1=CCC=C1. The van der Waals surface area contributed by atoms with E-state index in [0.717, 1.165) is 123 Å². The van der Waals surface area contributed by atoms with Crippen molar-refractivity contribution in [3.63, 3.8) is 0 Å². The molecule has 0 aliphatic heterocycles. The molecule has 16 nitrogen and oxygen atoms in total. The molecule has 0 N–H and O–H groups in total. The van der Waals surface area contributed by atoms with Crippen LogP contribution in [0.3, 0.4) is 0 Å². The Morgan fingerprint density at radius 1 is 0.279 bits per heavy atom. The van der Waals surface area contributed by atoms with Crippen LogP contribution in [0.5, 0.6) is 0 Å². The van der Waals surface area contributed by atoms with Crippen molar-refractivity contribution in [1.82, 2.24) is 0 Å². The van der Waals surface area contributed by atoms with E-state index in [0.29, 0.717) is 112 Å². The van der Waals surface area contributed by atoms with E-state index in [-0.39, 0.29) is 118 Å². The second kappa shape index (κ2) is 59.3. The minimum absolute atomic E-state index is 0.0346. The van der Waals surface area contributed by atoms with Gasteiger partial charge in [-0.25, -0.2) is 0 Å². The van der Waals surface area contributed by atoms with E-state index in [9.17, 15) is 76.7 Å². The maximum atomic E-state index is 12.0. The van der Waals surface area contributed by atoms with Crippen LogP contribution in [0.2, 0.25) is 14.4 Å². The smallest absolute Gasteiger partial charge is 0.173 e. The summed E-state index contributed by atoms with van der Waals surface area (Å²) in [7, 11) is 0. The second-order valence-electron chi connectivity index (χ2n) is 31.0. The fourth-order valence-corrected chi connectivity index (χ4v) is 25.6. The van der Waals surface area contributed by atoms with Gasteiger partial charge in [0.15, 0.2) is 92.5 Å². The predicted octanol–water partition coefficient (Wildman–Crippen LogP) is 33.9. The van der Waals surface area contributed by atoms with Crippen LogP contribution in [-0.4, -0.2) is 92.5 Å². The molecule has 0 unspecified atom stereocenters. The van der Waals surface area contributed by atoms with Gasteiger partial charge in [-0.2, -0.15) is 11.3 Å². The number of halogens is 4.